The zero-order valence-corrected chi connectivity index (χ0v) is 14.8. The molecule has 132 valence electrons. The van der Waals surface area contributed by atoms with Crippen molar-refractivity contribution >= 4 is 16.1 Å². The number of nitrogens with one attached hydrogen (secondary N) is 1. The van der Waals surface area contributed by atoms with E-state index in [-0.39, 0.29) is 4.90 Å². The summed E-state index contributed by atoms with van der Waals surface area (Å²) in [6, 6.07) is 13.4. The van der Waals surface area contributed by atoms with Crippen LogP contribution in [0.5, 0.6) is 5.75 Å². The van der Waals surface area contributed by atoms with E-state index in [1.807, 2.05) is 24.3 Å². The maximum atomic E-state index is 12.4. The number of hydrogen-bond donors (Lipinski definition) is 1. The van der Waals surface area contributed by atoms with Gasteiger partial charge in [-0.2, -0.15) is 0 Å². The van der Waals surface area contributed by atoms with Gasteiger partial charge in [0.2, 0.25) is 0 Å². The predicted molar refractivity (Wildman–Crippen MR) is 94.1 cm³/mol. The van der Waals surface area contributed by atoms with E-state index in [4.69, 9.17) is 4.74 Å². The van der Waals surface area contributed by atoms with Crippen LogP contribution in [0.3, 0.4) is 0 Å². The Morgan fingerprint density at radius 2 is 1.56 bits per heavy atom. The van der Waals surface area contributed by atoms with Gasteiger partial charge in [-0.3, -0.25) is 0 Å². The minimum atomic E-state index is -3.91. The highest BCUT2D eigenvalue weighted by molar-refractivity contribution is 7.90. The molecule has 1 aliphatic heterocycles. The highest BCUT2D eigenvalue weighted by atomic mass is 32.2. The second-order valence-electron chi connectivity index (χ2n) is 5.84. The molecule has 0 saturated carbocycles. The molecule has 0 unspecified atom stereocenters. The topological polar surface area (TPSA) is 75.7 Å². The lowest BCUT2D eigenvalue weighted by Crippen LogP contribution is -2.43. The van der Waals surface area contributed by atoms with Crippen molar-refractivity contribution in [3.63, 3.8) is 0 Å². The summed E-state index contributed by atoms with van der Waals surface area (Å²) in [5.41, 5.74) is 2.41. The van der Waals surface area contributed by atoms with Gasteiger partial charge in [0.15, 0.2) is 0 Å². The van der Waals surface area contributed by atoms with Gasteiger partial charge in [0, 0.05) is 13.1 Å². The van der Waals surface area contributed by atoms with Crippen molar-refractivity contribution in [2.24, 2.45) is 0 Å². The normalized spacial score (nSPS) is 14.4. The smallest absolute Gasteiger partial charge is 0.331 e. The fourth-order valence-electron chi connectivity index (χ4n) is 2.86. The molecular weight excluding hydrogens is 340 g/mol. The highest BCUT2D eigenvalue weighted by Crippen LogP contribution is 2.17. The monoisotopic (exact) mass is 360 g/mol. The molecule has 2 aromatic rings. The van der Waals surface area contributed by atoms with Gasteiger partial charge in [-0.05, 0) is 48.2 Å². The quantitative estimate of drug-likeness (QED) is 0.910. The molecule has 6 nitrogen and oxygen atoms in total. The predicted octanol–water partition coefficient (Wildman–Crippen LogP) is 2.19. The second kappa shape index (κ2) is 7.14. The fraction of sp³-hybridized carbons (Fsp3) is 0.278. The van der Waals surface area contributed by atoms with E-state index < -0.39 is 16.1 Å². The molecule has 3 rings (SSSR count). The Morgan fingerprint density at radius 1 is 1.00 bits per heavy atom. The van der Waals surface area contributed by atoms with Crippen molar-refractivity contribution in [3.05, 3.63) is 59.7 Å². The average molecular weight is 360 g/mol. The molecule has 0 spiro atoms. The number of sulfonamides is 1. The Bertz CT molecular complexity index is 836. The molecule has 2 aromatic carbocycles. The van der Waals surface area contributed by atoms with Crippen LogP contribution in [0.1, 0.15) is 11.1 Å². The number of fused-ring (bicyclic) bond motifs is 1. The largest absolute Gasteiger partial charge is 0.497 e. The van der Waals surface area contributed by atoms with E-state index in [1.165, 1.54) is 30.4 Å². The number of urea groups is 1. The average Bonchev–Trinajstić information content (AvgIpc) is 2.84. The van der Waals surface area contributed by atoms with E-state index >= 15 is 0 Å². The van der Waals surface area contributed by atoms with Crippen molar-refractivity contribution < 1.29 is 17.9 Å². The van der Waals surface area contributed by atoms with Crippen molar-refractivity contribution in [2.45, 2.75) is 17.7 Å². The Hall–Kier alpha value is -2.54. The summed E-state index contributed by atoms with van der Waals surface area (Å²) in [4.78, 5) is 14.0. The highest BCUT2D eigenvalue weighted by Gasteiger charge is 2.23. The van der Waals surface area contributed by atoms with Crippen molar-refractivity contribution in [1.82, 2.24) is 9.62 Å². The summed E-state index contributed by atoms with van der Waals surface area (Å²) in [6.07, 6.45) is 1.43. The molecule has 0 bridgehead atoms. The van der Waals surface area contributed by atoms with Gasteiger partial charge in [-0.25, -0.2) is 17.9 Å². The molecule has 0 fully saturated rings. The third-order valence-electron chi connectivity index (χ3n) is 4.30. The number of carbonyl (C=O) groups excluding carboxylic acids is 1. The molecule has 0 aromatic heterocycles. The van der Waals surface area contributed by atoms with Crippen LogP contribution in [0.2, 0.25) is 0 Å². The minimum Gasteiger partial charge on any atom is -0.497 e. The summed E-state index contributed by atoms with van der Waals surface area (Å²) in [5, 5.41) is 0. The van der Waals surface area contributed by atoms with Crippen LogP contribution >= 0.6 is 0 Å². The number of methoxy groups -OCH3 is 1. The lowest BCUT2D eigenvalue weighted by Gasteiger charge is -2.20. The minimum absolute atomic E-state index is 0.0276. The van der Waals surface area contributed by atoms with Crippen LogP contribution in [0.15, 0.2) is 53.4 Å². The lowest BCUT2D eigenvalue weighted by atomic mass is 10.0. The first-order chi connectivity index (χ1) is 12.0. The molecule has 2 amide bonds. The van der Waals surface area contributed by atoms with Gasteiger partial charge < -0.3 is 9.64 Å². The SMILES string of the molecule is COc1ccc(S(=O)(=O)NC(=O)N2CCc3ccccc3CC2)cc1. The van der Waals surface area contributed by atoms with Gasteiger partial charge in [-0.15, -0.1) is 0 Å². The second-order valence-corrected chi connectivity index (χ2v) is 7.52. The molecule has 7 heteroatoms. The summed E-state index contributed by atoms with van der Waals surface area (Å²) in [6.45, 7) is 0.974. The standard InChI is InChI=1S/C18H20N2O4S/c1-24-16-6-8-17(9-7-16)25(22,23)19-18(21)20-12-10-14-4-2-3-5-15(14)11-13-20/h2-9H,10-13H2,1H3,(H,19,21). The van der Waals surface area contributed by atoms with E-state index in [1.54, 1.807) is 17.0 Å². The number of ether oxygens (including phenoxy) is 1. The summed E-state index contributed by atoms with van der Waals surface area (Å²) in [5.74, 6) is 0.551. The van der Waals surface area contributed by atoms with Gasteiger partial charge in [-0.1, -0.05) is 24.3 Å². The molecule has 1 N–H and O–H groups in total. The molecule has 1 heterocycles. The number of carbonyl (C=O) groups is 1. The van der Waals surface area contributed by atoms with Crippen molar-refractivity contribution in [3.8, 4) is 5.75 Å². The number of benzene rings is 2. The lowest BCUT2D eigenvalue weighted by molar-refractivity contribution is 0.206. The van der Waals surface area contributed by atoms with E-state index in [0.717, 1.165) is 0 Å². The maximum Gasteiger partial charge on any atom is 0.331 e. The Kier molecular flexibility index (Phi) is 4.94. The first-order valence-corrected chi connectivity index (χ1v) is 9.50. The van der Waals surface area contributed by atoms with Gasteiger partial charge >= 0.3 is 6.03 Å². The summed E-state index contributed by atoms with van der Waals surface area (Å²) < 4.78 is 31.9. The van der Waals surface area contributed by atoms with Crippen LogP contribution < -0.4 is 9.46 Å². The molecule has 0 radical (unpaired) electrons. The number of amides is 2. The van der Waals surface area contributed by atoms with E-state index in [0.29, 0.717) is 31.7 Å². The first kappa shape index (κ1) is 17.3. The van der Waals surface area contributed by atoms with Gasteiger partial charge in [0.05, 0.1) is 12.0 Å². The number of hydrogen-bond acceptors (Lipinski definition) is 4. The molecule has 0 saturated heterocycles. The Balaban J connectivity index is 1.69. The van der Waals surface area contributed by atoms with Crippen LogP contribution in [-0.2, 0) is 22.9 Å². The zero-order chi connectivity index (χ0) is 17.9. The third-order valence-corrected chi connectivity index (χ3v) is 5.64. The van der Waals surface area contributed by atoms with Gasteiger partial charge in [0.25, 0.3) is 10.0 Å². The van der Waals surface area contributed by atoms with Crippen LogP contribution in [0.25, 0.3) is 0 Å². The van der Waals surface area contributed by atoms with Crippen LogP contribution in [0, 0.1) is 0 Å². The Morgan fingerprint density at radius 3 is 2.08 bits per heavy atom. The van der Waals surface area contributed by atoms with Crippen LogP contribution in [0.4, 0.5) is 4.79 Å². The third kappa shape index (κ3) is 3.93. The van der Waals surface area contributed by atoms with Crippen molar-refractivity contribution in [2.75, 3.05) is 20.2 Å². The first-order valence-electron chi connectivity index (χ1n) is 8.02. The summed E-state index contributed by atoms with van der Waals surface area (Å²) >= 11 is 0. The number of nitrogens with zero attached hydrogens (tertiary/aromatic N) is 1. The molecule has 1 aliphatic rings. The summed E-state index contributed by atoms with van der Waals surface area (Å²) in [7, 11) is -2.41. The molecular formula is C18H20N2O4S. The number of rotatable bonds is 3. The molecule has 0 atom stereocenters. The maximum absolute atomic E-state index is 12.4. The van der Waals surface area contributed by atoms with Crippen molar-refractivity contribution in [1.29, 1.82) is 0 Å². The zero-order valence-electron chi connectivity index (χ0n) is 13.9. The fourth-order valence-corrected chi connectivity index (χ4v) is 3.84. The van der Waals surface area contributed by atoms with E-state index in [9.17, 15) is 13.2 Å². The molecule has 25 heavy (non-hydrogen) atoms. The van der Waals surface area contributed by atoms with E-state index in [2.05, 4.69) is 4.72 Å². The Labute approximate surface area is 147 Å². The van der Waals surface area contributed by atoms with Crippen LogP contribution in [-0.4, -0.2) is 39.5 Å². The van der Waals surface area contributed by atoms with Gasteiger partial charge in [0.1, 0.15) is 5.75 Å². The molecule has 0 aliphatic carbocycles.